The van der Waals surface area contributed by atoms with E-state index in [0.29, 0.717) is 18.4 Å². The van der Waals surface area contributed by atoms with Crippen molar-refractivity contribution >= 4 is 11.3 Å². The Balaban J connectivity index is 2.21. The first kappa shape index (κ1) is 12.3. The minimum Gasteiger partial charge on any atom is -0.330 e. The minimum absolute atomic E-state index is 0.385. The second kappa shape index (κ2) is 5.47. The van der Waals surface area contributed by atoms with E-state index in [-0.39, 0.29) is 0 Å². The first-order valence-corrected chi connectivity index (χ1v) is 6.87. The Labute approximate surface area is 106 Å². The van der Waals surface area contributed by atoms with Crippen LogP contribution in [0.15, 0.2) is 29.4 Å². The standard InChI is InChI=1S/C13H19N3S/c1-10(2)12(5-14)13-6-15-9-16(13)7-11-3-4-17-8-11/h3-4,6,8-10,12H,5,7,14H2,1-2H3. The molecule has 4 heteroatoms. The lowest BCUT2D eigenvalue weighted by atomic mass is 9.93. The molecular formula is C13H19N3S. The summed E-state index contributed by atoms with van der Waals surface area (Å²) in [7, 11) is 0. The van der Waals surface area contributed by atoms with Crippen LogP contribution in [0.1, 0.15) is 31.0 Å². The molecule has 0 fully saturated rings. The highest BCUT2D eigenvalue weighted by Gasteiger charge is 2.18. The number of nitrogens with two attached hydrogens (primary N) is 1. The quantitative estimate of drug-likeness (QED) is 0.885. The molecule has 92 valence electrons. The summed E-state index contributed by atoms with van der Waals surface area (Å²) in [5.41, 5.74) is 8.44. The van der Waals surface area contributed by atoms with Crippen molar-refractivity contribution in [2.24, 2.45) is 11.7 Å². The van der Waals surface area contributed by atoms with Crippen molar-refractivity contribution < 1.29 is 0 Å². The molecule has 3 nitrogen and oxygen atoms in total. The van der Waals surface area contributed by atoms with E-state index >= 15 is 0 Å². The van der Waals surface area contributed by atoms with Crippen LogP contribution in [0.5, 0.6) is 0 Å². The van der Waals surface area contributed by atoms with Crippen molar-refractivity contribution in [2.75, 3.05) is 6.54 Å². The SMILES string of the molecule is CC(C)C(CN)c1cncn1Cc1ccsc1. The predicted octanol–water partition coefficient (Wildman–Crippen LogP) is 2.69. The number of hydrogen-bond donors (Lipinski definition) is 1. The molecule has 2 heterocycles. The monoisotopic (exact) mass is 249 g/mol. The van der Waals surface area contributed by atoms with Gasteiger partial charge in [-0.2, -0.15) is 11.3 Å². The lowest BCUT2D eigenvalue weighted by Gasteiger charge is -2.20. The third-order valence-electron chi connectivity index (χ3n) is 3.12. The Kier molecular flexibility index (Phi) is 3.97. The maximum atomic E-state index is 5.87. The van der Waals surface area contributed by atoms with Crippen LogP contribution in [-0.2, 0) is 6.54 Å². The Morgan fingerprint density at radius 2 is 2.29 bits per heavy atom. The van der Waals surface area contributed by atoms with Crippen LogP contribution in [0.2, 0.25) is 0 Å². The van der Waals surface area contributed by atoms with Crippen LogP contribution in [0.25, 0.3) is 0 Å². The fourth-order valence-corrected chi connectivity index (χ4v) is 2.75. The van der Waals surface area contributed by atoms with Crippen molar-refractivity contribution in [1.29, 1.82) is 0 Å². The number of nitrogens with zero attached hydrogens (tertiary/aromatic N) is 2. The second-order valence-corrected chi connectivity index (χ2v) is 5.44. The zero-order chi connectivity index (χ0) is 12.3. The molecule has 0 bridgehead atoms. The second-order valence-electron chi connectivity index (χ2n) is 4.66. The van der Waals surface area contributed by atoms with E-state index < -0.39 is 0 Å². The molecule has 0 saturated heterocycles. The summed E-state index contributed by atoms with van der Waals surface area (Å²) >= 11 is 1.73. The molecule has 0 aliphatic carbocycles. The molecule has 0 aliphatic rings. The summed E-state index contributed by atoms with van der Waals surface area (Å²) in [6.07, 6.45) is 3.85. The van der Waals surface area contributed by atoms with Gasteiger partial charge in [0.25, 0.3) is 0 Å². The average Bonchev–Trinajstić information content (AvgIpc) is 2.92. The number of hydrogen-bond acceptors (Lipinski definition) is 3. The predicted molar refractivity (Wildman–Crippen MR) is 72.3 cm³/mol. The van der Waals surface area contributed by atoms with Crippen molar-refractivity contribution in [3.8, 4) is 0 Å². The average molecular weight is 249 g/mol. The molecule has 2 N–H and O–H groups in total. The number of thiophene rings is 1. The Morgan fingerprint density at radius 3 is 2.88 bits per heavy atom. The van der Waals surface area contributed by atoms with Gasteiger partial charge in [-0.15, -0.1) is 0 Å². The molecule has 2 aromatic heterocycles. The van der Waals surface area contributed by atoms with E-state index in [4.69, 9.17) is 5.73 Å². The van der Waals surface area contributed by atoms with Gasteiger partial charge in [0.1, 0.15) is 0 Å². The molecule has 2 rings (SSSR count). The number of imidazole rings is 1. The third kappa shape index (κ3) is 2.76. The van der Waals surface area contributed by atoms with Crippen molar-refractivity contribution in [1.82, 2.24) is 9.55 Å². The molecule has 0 aromatic carbocycles. The highest BCUT2D eigenvalue weighted by Crippen LogP contribution is 2.23. The molecule has 1 atom stereocenters. The number of rotatable bonds is 5. The van der Waals surface area contributed by atoms with E-state index in [9.17, 15) is 0 Å². The summed E-state index contributed by atoms with van der Waals surface area (Å²) in [6, 6.07) is 2.15. The molecule has 0 amide bonds. The molecule has 0 aliphatic heterocycles. The minimum atomic E-state index is 0.385. The van der Waals surface area contributed by atoms with Crippen LogP contribution in [-0.4, -0.2) is 16.1 Å². The summed E-state index contributed by atoms with van der Waals surface area (Å²) < 4.78 is 2.21. The Bertz CT molecular complexity index is 445. The zero-order valence-corrected chi connectivity index (χ0v) is 11.2. The van der Waals surface area contributed by atoms with Gasteiger partial charge in [0, 0.05) is 30.9 Å². The summed E-state index contributed by atoms with van der Waals surface area (Å²) in [5, 5.41) is 4.28. The van der Waals surface area contributed by atoms with Crippen LogP contribution in [0, 0.1) is 5.92 Å². The van der Waals surface area contributed by atoms with Gasteiger partial charge in [-0.3, -0.25) is 0 Å². The van der Waals surface area contributed by atoms with E-state index in [1.165, 1.54) is 11.3 Å². The van der Waals surface area contributed by atoms with Gasteiger partial charge in [0.2, 0.25) is 0 Å². The highest BCUT2D eigenvalue weighted by atomic mass is 32.1. The van der Waals surface area contributed by atoms with Gasteiger partial charge < -0.3 is 10.3 Å². The Morgan fingerprint density at radius 1 is 1.47 bits per heavy atom. The van der Waals surface area contributed by atoms with Gasteiger partial charge in [-0.1, -0.05) is 13.8 Å². The van der Waals surface area contributed by atoms with Crippen LogP contribution < -0.4 is 5.73 Å². The molecule has 17 heavy (non-hydrogen) atoms. The van der Waals surface area contributed by atoms with Gasteiger partial charge >= 0.3 is 0 Å². The molecular weight excluding hydrogens is 230 g/mol. The van der Waals surface area contributed by atoms with Crippen LogP contribution in [0.3, 0.4) is 0 Å². The summed E-state index contributed by atoms with van der Waals surface area (Å²) in [4.78, 5) is 4.26. The lowest BCUT2D eigenvalue weighted by molar-refractivity contribution is 0.478. The first-order chi connectivity index (χ1) is 8.22. The maximum Gasteiger partial charge on any atom is 0.0951 e. The van der Waals surface area contributed by atoms with Gasteiger partial charge in [-0.25, -0.2) is 4.98 Å². The molecule has 0 saturated carbocycles. The van der Waals surface area contributed by atoms with Gasteiger partial charge in [0.05, 0.1) is 6.33 Å². The lowest BCUT2D eigenvalue weighted by Crippen LogP contribution is -2.21. The van der Waals surface area contributed by atoms with E-state index in [1.54, 1.807) is 11.3 Å². The topological polar surface area (TPSA) is 43.8 Å². The maximum absolute atomic E-state index is 5.87. The van der Waals surface area contributed by atoms with Gasteiger partial charge in [0.15, 0.2) is 0 Å². The van der Waals surface area contributed by atoms with Crippen molar-refractivity contribution in [2.45, 2.75) is 26.3 Å². The summed E-state index contributed by atoms with van der Waals surface area (Å²) in [5.74, 6) is 0.925. The Hall–Kier alpha value is -1.13. The third-order valence-corrected chi connectivity index (χ3v) is 3.85. The first-order valence-electron chi connectivity index (χ1n) is 5.93. The normalized spacial score (nSPS) is 13.2. The fourth-order valence-electron chi connectivity index (χ4n) is 2.09. The smallest absolute Gasteiger partial charge is 0.0951 e. The molecule has 0 radical (unpaired) electrons. The van der Waals surface area contributed by atoms with Crippen LogP contribution in [0.4, 0.5) is 0 Å². The van der Waals surface area contributed by atoms with Gasteiger partial charge in [-0.05, 0) is 28.3 Å². The zero-order valence-electron chi connectivity index (χ0n) is 10.3. The van der Waals surface area contributed by atoms with Crippen LogP contribution >= 0.6 is 11.3 Å². The number of aromatic nitrogens is 2. The highest BCUT2D eigenvalue weighted by molar-refractivity contribution is 7.07. The van der Waals surface area contributed by atoms with E-state index in [0.717, 1.165) is 6.54 Å². The van der Waals surface area contributed by atoms with Crippen molar-refractivity contribution in [3.05, 3.63) is 40.6 Å². The van der Waals surface area contributed by atoms with Crippen molar-refractivity contribution in [3.63, 3.8) is 0 Å². The van der Waals surface area contributed by atoms with E-state index in [2.05, 4.69) is 40.2 Å². The molecule has 2 aromatic rings. The summed E-state index contributed by atoms with van der Waals surface area (Å²) in [6.45, 7) is 5.98. The fraction of sp³-hybridized carbons (Fsp3) is 0.462. The molecule has 1 unspecified atom stereocenters. The molecule has 0 spiro atoms. The van der Waals surface area contributed by atoms with E-state index in [1.807, 2.05) is 12.5 Å². The largest absolute Gasteiger partial charge is 0.330 e.